The Morgan fingerprint density at radius 3 is 2.70 bits per heavy atom. The Kier molecular flexibility index (Phi) is 5.86. The lowest BCUT2D eigenvalue weighted by molar-refractivity contribution is 0.0637. The monoisotopic (exact) mass is 276 g/mol. The third kappa shape index (κ3) is 4.50. The van der Waals surface area contributed by atoms with Crippen LogP contribution in [-0.4, -0.2) is 36.7 Å². The number of hydrogen-bond donors (Lipinski definition) is 1. The molecule has 1 aliphatic heterocycles. The fourth-order valence-corrected chi connectivity index (χ4v) is 2.75. The normalized spacial score (nSPS) is 22.4. The highest BCUT2D eigenvalue weighted by Gasteiger charge is 2.21. The molecule has 1 aromatic carbocycles. The Morgan fingerprint density at radius 2 is 2.05 bits per heavy atom. The summed E-state index contributed by atoms with van der Waals surface area (Å²) in [6.45, 7) is 10.7. The molecule has 0 amide bonds. The van der Waals surface area contributed by atoms with Gasteiger partial charge in [0.1, 0.15) is 0 Å². The van der Waals surface area contributed by atoms with Crippen molar-refractivity contribution in [2.75, 3.05) is 25.0 Å². The van der Waals surface area contributed by atoms with Gasteiger partial charge in [-0.2, -0.15) is 0 Å². The molecule has 1 aromatic rings. The summed E-state index contributed by atoms with van der Waals surface area (Å²) in [5.74, 6) is 0. The summed E-state index contributed by atoms with van der Waals surface area (Å²) in [6, 6.07) is 8.75. The van der Waals surface area contributed by atoms with Crippen molar-refractivity contribution in [1.29, 1.82) is 0 Å². The van der Waals surface area contributed by atoms with Crippen LogP contribution < -0.4 is 5.32 Å². The van der Waals surface area contributed by atoms with Crippen molar-refractivity contribution < 1.29 is 4.74 Å². The van der Waals surface area contributed by atoms with E-state index in [2.05, 4.69) is 55.3 Å². The van der Waals surface area contributed by atoms with Gasteiger partial charge in [0.2, 0.25) is 0 Å². The van der Waals surface area contributed by atoms with Crippen LogP contribution in [0.3, 0.4) is 0 Å². The molecular weight excluding hydrogens is 248 g/mol. The van der Waals surface area contributed by atoms with Crippen LogP contribution in [0.25, 0.3) is 0 Å². The molecule has 2 rings (SSSR count). The van der Waals surface area contributed by atoms with E-state index in [1.807, 2.05) is 0 Å². The zero-order valence-electron chi connectivity index (χ0n) is 13.1. The summed E-state index contributed by atoms with van der Waals surface area (Å²) in [4.78, 5) is 2.43. The van der Waals surface area contributed by atoms with Gasteiger partial charge in [-0.25, -0.2) is 0 Å². The second kappa shape index (κ2) is 7.65. The van der Waals surface area contributed by atoms with Gasteiger partial charge in [0.25, 0.3) is 0 Å². The second-order valence-corrected chi connectivity index (χ2v) is 5.69. The van der Waals surface area contributed by atoms with Crippen LogP contribution in [-0.2, 0) is 11.3 Å². The van der Waals surface area contributed by atoms with Crippen LogP contribution in [0, 0.1) is 0 Å². The number of anilines is 1. The molecule has 0 aromatic heterocycles. The Hall–Kier alpha value is -1.06. The van der Waals surface area contributed by atoms with Crippen LogP contribution in [0.15, 0.2) is 24.3 Å². The molecule has 0 bridgehead atoms. The van der Waals surface area contributed by atoms with E-state index in [0.29, 0.717) is 12.2 Å². The average molecular weight is 276 g/mol. The maximum Gasteiger partial charge on any atom is 0.0751 e. The summed E-state index contributed by atoms with van der Waals surface area (Å²) >= 11 is 0. The van der Waals surface area contributed by atoms with Crippen LogP contribution in [0.2, 0.25) is 0 Å². The first kappa shape index (κ1) is 15.3. The lowest BCUT2D eigenvalue weighted by Gasteiger charge is -2.19. The third-order valence-corrected chi connectivity index (χ3v) is 4.08. The first-order valence-corrected chi connectivity index (χ1v) is 7.91. The Morgan fingerprint density at radius 1 is 1.25 bits per heavy atom. The number of nitrogens with zero attached hydrogens (tertiary/aromatic N) is 1. The fraction of sp³-hybridized carbons (Fsp3) is 0.647. The van der Waals surface area contributed by atoms with E-state index in [1.54, 1.807) is 0 Å². The smallest absolute Gasteiger partial charge is 0.0751 e. The first-order chi connectivity index (χ1) is 9.71. The molecule has 1 fully saturated rings. The Balaban J connectivity index is 1.85. The minimum absolute atomic E-state index is 0.372. The van der Waals surface area contributed by atoms with Crippen molar-refractivity contribution in [3.8, 4) is 0 Å². The second-order valence-electron chi connectivity index (χ2n) is 5.69. The molecule has 3 heteroatoms. The van der Waals surface area contributed by atoms with E-state index in [1.165, 1.54) is 24.1 Å². The molecular formula is C17H28N2O. The molecule has 2 atom stereocenters. The highest BCUT2D eigenvalue weighted by Crippen LogP contribution is 2.20. The largest absolute Gasteiger partial charge is 0.382 e. The number of hydrogen-bond acceptors (Lipinski definition) is 3. The molecule has 3 nitrogen and oxygen atoms in total. The molecule has 2 unspecified atom stereocenters. The third-order valence-electron chi connectivity index (χ3n) is 4.08. The molecule has 0 saturated carbocycles. The van der Waals surface area contributed by atoms with E-state index in [9.17, 15) is 0 Å². The lowest BCUT2D eigenvalue weighted by atomic mass is 10.1. The molecule has 0 aliphatic carbocycles. The highest BCUT2D eigenvalue weighted by atomic mass is 16.5. The summed E-state index contributed by atoms with van der Waals surface area (Å²) in [7, 11) is 0. The summed E-state index contributed by atoms with van der Waals surface area (Å²) in [5, 5.41) is 3.51. The van der Waals surface area contributed by atoms with Gasteiger partial charge in [0, 0.05) is 18.8 Å². The van der Waals surface area contributed by atoms with Gasteiger partial charge >= 0.3 is 0 Å². The van der Waals surface area contributed by atoms with E-state index in [-0.39, 0.29) is 0 Å². The van der Waals surface area contributed by atoms with Gasteiger partial charge in [0.05, 0.1) is 12.2 Å². The Labute approximate surface area is 123 Å². The van der Waals surface area contributed by atoms with Gasteiger partial charge in [-0.1, -0.05) is 26.0 Å². The number of rotatable bonds is 7. The first-order valence-electron chi connectivity index (χ1n) is 7.91. The van der Waals surface area contributed by atoms with E-state index in [4.69, 9.17) is 4.74 Å². The van der Waals surface area contributed by atoms with Gasteiger partial charge in [-0.05, 0) is 50.6 Å². The number of benzene rings is 1. The van der Waals surface area contributed by atoms with Crippen LogP contribution in [0.4, 0.5) is 5.69 Å². The van der Waals surface area contributed by atoms with Crippen LogP contribution in [0.5, 0.6) is 0 Å². The maximum atomic E-state index is 5.84. The predicted octanol–water partition coefficient (Wildman–Crippen LogP) is 3.51. The standard InChI is InChI=1S/C17H28N2O/c1-4-19(5-2)13-15-7-6-8-16(11-15)18-12-17-10-9-14(3)20-17/h6-8,11,14,17-18H,4-5,9-10,12-13H2,1-3H3. The SMILES string of the molecule is CCN(CC)Cc1cccc(NCC2CCC(C)O2)c1. The maximum absolute atomic E-state index is 5.84. The average Bonchev–Trinajstić information content (AvgIpc) is 2.89. The van der Waals surface area contributed by atoms with Crippen molar-refractivity contribution in [1.82, 2.24) is 4.90 Å². The van der Waals surface area contributed by atoms with Gasteiger partial charge in [-0.3, -0.25) is 4.90 Å². The van der Waals surface area contributed by atoms with Gasteiger partial charge in [0.15, 0.2) is 0 Å². The molecule has 0 spiro atoms. The zero-order valence-corrected chi connectivity index (χ0v) is 13.1. The van der Waals surface area contributed by atoms with Crippen LogP contribution in [0.1, 0.15) is 39.2 Å². The van der Waals surface area contributed by atoms with Crippen molar-refractivity contribution in [3.05, 3.63) is 29.8 Å². The van der Waals surface area contributed by atoms with Crippen molar-refractivity contribution >= 4 is 5.69 Å². The zero-order chi connectivity index (χ0) is 14.4. The number of ether oxygens (including phenoxy) is 1. The summed E-state index contributed by atoms with van der Waals surface area (Å²) in [5.41, 5.74) is 2.58. The van der Waals surface area contributed by atoms with Crippen molar-refractivity contribution in [2.45, 2.75) is 52.4 Å². The molecule has 1 heterocycles. The molecule has 20 heavy (non-hydrogen) atoms. The highest BCUT2D eigenvalue weighted by molar-refractivity contribution is 5.45. The van der Waals surface area contributed by atoms with E-state index < -0.39 is 0 Å². The van der Waals surface area contributed by atoms with Crippen molar-refractivity contribution in [3.63, 3.8) is 0 Å². The van der Waals surface area contributed by atoms with Crippen LogP contribution >= 0.6 is 0 Å². The van der Waals surface area contributed by atoms with Gasteiger partial charge < -0.3 is 10.1 Å². The Bertz CT molecular complexity index is 404. The molecule has 0 radical (unpaired) electrons. The minimum atomic E-state index is 0.372. The van der Waals surface area contributed by atoms with E-state index in [0.717, 1.165) is 26.2 Å². The lowest BCUT2D eigenvalue weighted by Crippen LogP contribution is -2.22. The molecule has 112 valence electrons. The van der Waals surface area contributed by atoms with E-state index >= 15 is 0 Å². The van der Waals surface area contributed by atoms with Crippen molar-refractivity contribution in [2.24, 2.45) is 0 Å². The summed E-state index contributed by atoms with van der Waals surface area (Å²) < 4.78 is 5.84. The molecule has 1 saturated heterocycles. The summed E-state index contributed by atoms with van der Waals surface area (Å²) in [6.07, 6.45) is 3.16. The predicted molar refractivity (Wildman–Crippen MR) is 85.1 cm³/mol. The molecule has 1 N–H and O–H groups in total. The van der Waals surface area contributed by atoms with Gasteiger partial charge in [-0.15, -0.1) is 0 Å². The topological polar surface area (TPSA) is 24.5 Å². The fourth-order valence-electron chi connectivity index (χ4n) is 2.75. The minimum Gasteiger partial charge on any atom is -0.382 e. The number of nitrogens with one attached hydrogen (secondary N) is 1. The molecule has 1 aliphatic rings. The quantitative estimate of drug-likeness (QED) is 0.825.